The first-order chi connectivity index (χ1) is 7.84. The van der Waals surface area contributed by atoms with E-state index in [-0.39, 0.29) is 5.82 Å². The molecule has 0 N–H and O–H groups in total. The van der Waals surface area contributed by atoms with E-state index in [9.17, 15) is 4.39 Å². The lowest BCUT2D eigenvalue weighted by Gasteiger charge is -2.03. The van der Waals surface area contributed by atoms with Gasteiger partial charge in [0.05, 0.1) is 0 Å². The van der Waals surface area contributed by atoms with Gasteiger partial charge in [-0.05, 0) is 35.4 Å². The highest BCUT2D eigenvalue weighted by Crippen LogP contribution is 2.31. The summed E-state index contributed by atoms with van der Waals surface area (Å²) in [6.45, 7) is 0. The molecule has 0 aliphatic carbocycles. The summed E-state index contributed by atoms with van der Waals surface area (Å²) in [5.74, 6) is -0.200. The van der Waals surface area contributed by atoms with Crippen molar-refractivity contribution >= 4 is 21.4 Å². The molecule has 2 heteroatoms. The largest absolute Gasteiger partial charge is 0.207 e. The molecular weight excluding hydrogens is 219 g/mol. The third-order valence-corrected chi connectivity index (χ3v) is 3.39. The fourth-order valence-electron chi connectivity index (χ4n) is 1.84. The molecule has 2 aromatic carbocycles. The number of benzene rings is 2. The van der Waals surface area contributed by atoms with Gasteiger partial charge in [0.15, 0.2) is 0 Å². The predicted octanol–water partition coefficient (Wildman–Crippen LogP) is 4.51. The van der Waals surface area contributed by atoms with Crippen molar-refractivity contribution in [2.45, 2.75) is 0 Å². The molecule has 0 atom stereocenters. The number of thiophene rings is 1. The summed E-state index contributed by atoms with van der Waals surface area (Å²) >= 11 is 1.58. The van der Waals surface area contributed by atoms with Crippen LogP contribution in [0.25, 0.3) is 21.2 Å². The summed E-state index contributed by atoms with van der Waals surface area (Å²) < 4.78 is 14.4. The van der Waals surface area contributed by atoms with Crippen LogP contribution in [0, 0.1) is 11.2 Å². The minimum Gasteiger partial charge on any atom is -0.207 e. The maximum absolute atomic E-state index is 13.2. The number of halogens is 1. The molecule has 0 amide bonds. The van der Waals surface area contributed by atoms with Crippen LogP contribution in [0.3, 0.4) is 0 Å². The maximum Gasteiger partial charge on any atom is 0.123 e. The zero-order valence-corrected chi connectivity index (χ0v) is 9.22. The lowest BCUT2D eigenvalue weighted by molar-refractivity contribution is 0.628. The van der Waals surface area contributed by atoms with E-state index in [1.54, 1.807) is 23.5 Å². The molecule has 1 aromatic heterocycles. The van der Waals surface area contributed by atoms with Crippen molar-refractivity contribution < 1.29 is 4.39 Å². The van der Waals surface area contributed by atoms with Gasteiger partial charge in [0, 0.05) is 15.5 Å². The molecule has 1 heterocycles. The molecule has 0 unspecified atom stereocenters. The van der Waals surface area contributed by atoms with Gasteiger partial charge in [-0.1, -0.05) is 24.3 Å². The van der Waals surface area contributed by atoms with Crippen molar-refractivity contribution in [3.05, 3.63) is 59.7 Å². The fraction of sp³-hybridized carbons (Fsp3) is 0. The van der Waals surface area contributed by atoms with Crippen LogP contribution in [-0.4, -0.2) is 0 Å². The summed E-state index contributed by atoms with van der Waals surface area (Å²) in [6.07, 6.45) is 0. The zero-order valence-electron chi connectivity index (χ0n) is 8.41. The maximum atomic E-state index is 13.2. The molecule has 77 valence electrons. The Kier molecular flexibility index (Phi) is 2.22. The highest BCUT2D eigenvalue weighted by Gasteiger charge is 2.04. The van der Waals surface area contributed by atoms with Crippen LogP contribution in [0.1, 0.15) is 0 Å². The molecule has 0 bridgehead atoms. The molecule has 0 saturated carbocycles. The molecule has 0 aliphatic heterocycles. The summed E-state index contributed by atoms with van der Waals surface area (Å²) in [6, 6.07) is 14.7. The van der Waals surface area contributed by atoms with Crippen LogP contribution in [-0.2, 0) is 0 Å². The van der Waals surface area contributed by atoms with Crippen molar-refractivity contribution in [1.29, 1.82) is 0 Å². The Balaban J connectivity index is 2.29. The minimum atomic E-state index is -0.200. The van der Waals surface area contributed by atoms with Crippen molar-refractivity contribution in [3.8, 4) is 11.1 Å². The van der Waals surface area contributed by atoms with Crippen LogP contribution in [0.4, 0.5) is 4.39 Å². The van der Waals surface area contributed by atoms with E-state index in [1.165, 1.54) is 10.8 Å². The van der Waals surface area contributed by atoms with E-state index >= 15 is 0 Å². The molecule has 0 spiro atoms. The van der Waals surface area contributed by atoms with Crippen molar-refractivity contribution in [2.24, 2.45) is 0 Å². The minimum absolute atomic E-state index is 0.200. The lowest BCUT2D eigenvalue weighted by Crippen LogP contribution is -1.80. The summed E-state index contributed by atoms with van der Waals surface area (Å²) in [7, 11) is 0. The SMILES string of the molecule is Fc1cccc(-c2cccc3s[c]cc23)c1. The van der Waals surface area contributed by atoms with Gasteiger partial charge in [0.25, 0.3) is 0 Å². The van der Waals surface area contributed by atoms with Crippen molar-refractivity contribution in [3.63, 3.8) is 0 Å². The second kappa shape index (κ2) is 3.72. The first-order valence-electron chi connectivity index (χ1n) is 4.99. The molecule has 0 nitrogen and oxygen atoms in total. The second-order valence-electron chi connectivity index (χ2n) is 3.59. The Morgan fingerprint density at radius 3 is 2.81 bits per heavy atom. The third kappa shape index (κ3) is 1.51. The van der Waals surface area contributed by atoms with Crippen LogP contribution in [0.5, 0.6) is 0 Å². The Morgan fingerprint density at radius 1 is 1.06 bits per heavy atom. The monoisotopic (exact) mass is 227 g/mol. The molecule has 3 rings (SSSR count). The molecule has 0 fully saturated rings. The summed E-state index contributed by atoms with van der Waals surface area (Å²) in [5, 5.41) is 4.25. The van der Waals surface area contributed by atoms with Crippen LogP contribution in [0.2, 0.25) is 0 Å². The van der Waals surface area contributed by atoms with E-state index in [2.05, 4.69) is 11.4 Å². The van der Waals surface area contributed by atoms with Crippen LogP contribution >= 0.6 is 11.3 Å². The van der Waals surface area contributed by atoms with Crippen molar-refractivity contribution in [1.82, 2.24) is 0 Å². The Labute approximate surface area is 97.0 Å². The van der Waals surface area contributed by atoms with E-state index in [1.807, 2.05) is 24.3 Å². The molecular formula is C14H8FS. The normalized spacial score (nSPS) is 10.8. The number of rotatable bonds is 1. The molecule has 0 saturated heterocycles. The van der Waals surface area contributed by atoms with Gasteiger partial charge in [-0.15, -0.1) is 11.3 Å². The lowest BCUT2D eigenvalue weighted by atomic mass is 10.0. The highest BCUT2D eigenvalue weighted by atomic mass is 32.1. The topological polar surface area (TPSA) is 0 Å². The van der Waals surface area contributed by atoms with Crippen molar-refractivity contribution in [2.75, 3.05) is 0 Å². The smallest absolute Gasteiger partial charge is 0.123 e. The number of hydrogen-bond acceptors (Lipinski definition) is 1. The van der Waals surface area contributed by atoms with Gasteiger partial charge >= 0.3 is 0 Å². The first-order valence-corrected chi connectivity index (χ1v) is 5.81. The Morgan fingerprint density at radius 2 is 1.94 bits per heavy atom. The van der Waals surface area contributed by atoms with Crippen LogP contribution < -0.4 is 0 Å². The standard InChI is InChI=1S/C14H8FS/c15-11-4-1-3-10(9-11)12-5-2-6-14-13(12)7-8-16-14/h1-7,9H. The Bertz CT molecular complexity index is 640. The average Bonchev–Trinajstić information content (AvgIpc) is 2.76. The average molecular weight is 227 g/mol. The van der Waals surface area contributed by atoms with E-state index in [0.29, 0.717) is 0 Å². The van der Waals surface area contributed by atoms with Crippen LogP contribution in [0.15, 0.2) is 48.5 Å². The number of hydrogen-bond donors (Lipinski definition) is 0. The summed E-state index contributed by atoms with van der Waals surface area (Å²) in [5.41, 5.74) is 1.98. The van der Waals surface area contributed by atoms with E-state index in [4.69, 9.17) is 0 Å². The molecule has 3 aromatic rings. The molecule has 0 aliphatic rings. The second-order valence-corrected chi connectivity index (χ2v) is 4.47. The fourth-order valence-corrected chi connectivity index (χ4v) is 2.57. The molecule has 1 radical (unpaired) electrons. The van der Waals surface area contributed by atoms with Gasteiger partial charge < -0.3 is 0 Å². The van der Waals surface area contributed by atoms with Gasteiger partial charge in [0.1, 0.15) is 5.82 Å². The number of fused-ring (bicyclic) bond motifs is 1. The quantitative estimate of drug-likeness (QED) is 0.574. The summed E-state index contributed by atoms with van der Waals surface area (Å²) in [4.78, 5) is 0. The van der Waals surface area contributed by atoms with Gasteiger partial charge in [-0.2, -0.15) is 0 Å². The van der Waals surface area contributed by atoms with Gasteiger partial charge in [-0.25, -0.2) is 4.39 Å². The van der Waals surface area contributed by atoms with E-state index < -0.39 is 0 Å². The third-order valence-electron chi connectivity index (χ3n) is 2.57. The molecule has 16 heavy (non-hydrogen) atoms. The van der Waals surface area contributed by atoms with Gasteiger partial charge in [0.2, 0.25) is 0 Å². The highest BCUT2D eigenvalue weighted by molar-refractivity contribution is 7.16. The zero-order chi connectivity index (χ0) is 11.0. The first kappa shape index (κ1) is 9.55. The van der Waals surface area contributed by atoms with E-state index in [0.717, 1.165) is 16.5 Å². The van der Waals surface area contributed by atoms with Gasteiger partial charge in [-0.3, -0.25) is 0 Å². The Hall–Kier alpha value is -1.67. The predicted molar refractivity (Wildman–Crippen MR) is 66.1 cm³/mol.